The number of hydrogen-bond acceptors (Lipinski definition) is 6. The van der Waals surface area contributed by atoms with E-state index < -0.39 is 18.5 Å². The summed E-state index contributed by atoms with van der Waals surface area (Å²) in [6, 6.07) is 8.14. The van der Waals surface area contributed by atoms with E-state index in [2.05, 4.69) is 5.32 Å². The van der Waals surface area contributed by atoms with Crippen molar-refractivity contribution >= 4 is 29.2 Å². The van der Waals surface area contributed by atoms with Crippen molar-refractivity contribution in [2.24, 2.45) is 0 Å². The summed E-state index contributed by atoms with van der Waals surface area (Å²) >= 11 is 6.02. The fourth-order valence-electron chi connectivity index (χ4n) is 2.53. The Bertz CT molecular complexity index is 865. The molecule has 142 valence electrons. The van der Waals surface area contributed by atoms with Crippen LogP contribution in [-0.2, 0) is 9.53 Å². The van der Waals surface area contributed by atoms with Crippen LogP contribution >= 0.6 is 11.6 Å². The van der Waals surface area contributed by atoms with Crippen molar-refractivity contribution in [2.45, 2.75) is 6.92 Å². The smallest absolute Gasteiger partial charge is 0.338 e. The van der Waals surface area contributed by atoms with Gasteiger partial charge in [-0.1, -0.05) is 17.7 Å². The molecule has 1 aliphatic rings. The van der Waals surface area contributed by atoms with Gasteiger partial charge in [-0.15, -0.1) is 0 Å². The normalized spacial score (nSPS) is 12.3. The summed E-state index contributed by atoms with van der Waals surface area (Å²) in [5, 5.41) is 3.20. The van der Waals surface area contributed by atoms with Crippen LogP contribution in [-0.4, -0.2) is 38.8 Å². The Balaban J connectivity index is 1.65. The van der Waals surface area contributed by atoms with Gasteiger partial charge in [0.1, 0.15) is 13.2 Å². The number of methoxy groups -OCH3 is 1. The summed E-state index contributed by atoms with van der Waals surface area (Å²) in [6.07, 6.45) is 0. The van der Waals surface area contributed by atoms with Crippen LogP contribution in [0.5, 0.6) is 17.2 Å². The molecular weight excluding hydrogens is 374 g/mol. The Hall–Kier alpha value is -2.93. The fourth-order valence-corrected chi connectivity index (χ4v) is 2.71. The molecule has 3 rings (SSSR count). The predicted molar refractivity (Wildman–Crippen MR) is 99.1 cm³/mol. The van der Waals surface area contributed by atoms with Crippen molar-refractivity contribution in [1.29, 1.82) is 0 Å². The van der Waals surface area contributed by atoms with Gasteiger partial charge in [-0.2, -0.15) is 0 Å². The molecule has 2 aromatic carbocycles. The molecule has 0 saturated carbocycles. The van der Waals surface area contributed by atoms with Gasteiger partial charge in [-0.3, -0.25) is 4.79 Å². The van der Waals surface area contributed by atoms with Gasteiger partial charge in [0.2, 0.25) is 5.75 Å². The molecule has 0 aliphatic carbocycles. The molecule has 1 N–H and O–H groups in total. The molecule has 1 heterocycles. The van der Waals surface area contributed by atoms with E-state index in [0.29, 0.717) is 41.2 Å². The minimum atomic E-state index is -0.678. The van der Waals surface area contributed by atoms with Gasteiger partial charge in [0.15, 0.2) is 18.1 Å². The minimum absolute atomic E-state index is 0.197. The van der Waals surface area contributed by atoms with E-state index in [1.54, 1.807) is 25.1 Å². The molecule has 0 saturated heterocycles. The third kappa shape index (κ3) is 4.25. The number of halogens is 1. The Labute approximate surface area is 161 Å². The van der Waals surface area contributed by atoms with Crippen molar-refractivity contribution in [2.75, 3.05) is 32.2 Å². The molecule has 0 aromatic heterocycles. The fraction of sp³-hybridized carbons (Fsp3) is 0.263. The molecule has 27 heavy (non-hydrogen) atoms. The highest BCUT2D eigenvalue weighted by atomic mass is 35.5. The number of rotatable bonds is 5. The molecule has 2 aromatic rings. The molecule has 7 nitrogen and oxygen atoms in total. The Morgan fingerprint density at radius 3 is 2.78 bits per heavy atom. The van der Waals surface area contributed by atoms with Crippen LogP contribution in [0.15, 0.2) is 30.3 Å². The van der Waals surface area contributed by atoms with Gasteiger partial charge in [0, 0.05) is 10.7 Å². The third-order valence-electron chi connectivity index (χ3n) is 3.94. The number of carbonyl (C=O) groups excluding carboxylic acids is 2. The van der Waals surface area contributed by atoms with Crippen LogP contribution in [0.4, 0.5) is 5.69 Å². The number of anilines is 1. The lowest BCUT2D eigenvalue weighted by atomic mass is 10.1. The van der Waals surface area contributed by atoms with E-state index in [9.17, 15) is 9.59 Å². The Morgan fingerprint density at radius 1 is 1.22 bits per heavy atom. The average molecular weight is 392 g/mol. The van der Waals surface area contributed by atoms with E-state index >= 15 is 0 Å². The lowest BCUT2D eigenvalue weighted by molar-refractivity contribution is -0.119. The first-order valence-electron chi connectivity index (χ1n) is 8.19. The molecular formula is C19H18ClNO6. The van der Waals surface area contributed by atoms with Gasteiger partial charge < -0.3 is 24.3 Å². The van der Waals surface area contributed by atoms with Crippen LogP contribution in [0.2, 0.25) is 5.02 Å². The van der Waals surface area contributed by atoms with Gasteiger partial charge >= 0.3 is 5.97 Å². The first-order valence-corrected chi connectivity index (χ1v) is 8.57. The number of carbonyl (C=O) groups is 2. The van der Waals surface area contributed by atoms with E-state index in [1.165, 1.54) is 19.2 Å². The maximum Gasteiger partial charge on any atom is 0.338 e. The van der Waals surface area contributed by atoms with Gasteiger partial charge in [-0.05, 0) is 36.8 Å². The number of nitrogens with one attached hydrogen (secondary N) is 1. The average Bonchev–Trinajstić information content (AvgIpc) is 2.68. The largest absolute Gasteiger partial charge is 0.493 e. The van der Waals surface area contributed by atoms with E-state index in [4.69, 9.17) is 30.5 Å². The van der Waals surface area contributed by atoms with Crippen LogP contribution in [0.3, 0.4) is 0 Å². The molecule has 8 heteroatoms. The Morgan fingerprint density at radius 2 is 2.00 bits per heavy atom. The predicted octanol–water partition coefficient (Wildman–Crippen LogP) is 3.22. The lowest BCUT2D eigenvalue weighted by Crippen LogP contribution is -2.22. The van der Waals surface area contributed by atoms with E-state index in [-0.39, 0.29) is 5.56 Å². The SMILES string of the molecule is COc1cc(C(=O)OCC(=O)Nc2cccc(Cl)c2C)cc2c1OCCO2. The van der Waals surface area contributed by atoms with Crippen molar-refractivity contribution in [1.82, 2.24) is 0 Å². The van der Waals surface area contributed by atoms with Crippen molar-refractivity contribution in [3.8, 4) is 17.2 Å². The van der Waals surface area contributed by atoms with Crippen LogP contribution in [0.25, 0.3) is 0 Å². The molecule has 1 amide bonds. The zero-order valence-corrected chi connectivity index (χ0v) is 15.6. The van der Waals surface area contributed by atoms with E-state index in [1.807, 2.05) is 0 Å². The van der Waals surface area contributed by atoms with Gasteiger partial charge in [-0.25, -0.2) is 4.79 Å². The number of fused-ring (bicyclic) bond motifs is 1. The standard InChI is InChI=1S/C19H18ClNO6/c1-11-13(20)4-3-5-14(11)21-17(22)10-27-19(23)12-8-15(24-2)18-16(9-12)25-6-7-26-18/h3-5,8-9H,6-7,10H2,1-2H3,(H,21,22). The highest BCUT2D eigenvalue weighted by Crippen LogP contribution is 2.40. The van der Waals surface area contributed by atoms with Crippen LogP contribution in [0, 0.1) is 6.92 Å². The lowest BCUT2D eigenvalue weighted by Gasteiger charge is -2.21. The molecule has 0 atom stereocenters. The van der Waals surface area contributed by atoms with Crippen molar-refractivity contribution in [3.63, 3.8) is 0 Å². The van der Waals surface area contributed by atoms with Gasteiger partial charge in [0.05, 0.1) is 12.7 Å². The topological polar surface area (TPSA) is 83.1 Å². The van der Waals surface area contributed by atoms with Crippen molar-refractivity contribution in [3.05, 3.63) is 46.5 Å². The second-order valence-electron chi connectivity index (χ2n) is 5.74. The second kappa shape index (κ2) is 8.18. The third-order valence-corrected chi connectivity index (χ3v) is 4.35. The molecule has 0 spiro atoms. The number of benzene rings is 2. The quantitative estimate of drug-likeness (QED) is 0.788. The minimum Gasteiger partial charge on any atom is -0.493 e. The molecule has 0 bridgehead atoms. The van der Waals surface area contributed by atoms with Gasteiger partial charge in [0.25, 0.3) is 5.91 Å². The number of hydrogen-bond donors (Lipinski definition) is 1. The molecule has 0 unspecified atom stereocenters. The first-order chi connectivity index (χ1) is 13.0. The first kappa shape index (κ1) is 18.8. The molecule has 0 radical (unpaired) electrons. The maximum absolute atomic E-state index is 12.3. The monoisotopic (exact) mass is 391 g/mol. The number of esters is 1. The highest BCUT2D eigenvalue weighted by molar-refractivity contribution is 6.31. The van der Waals surface area contributed by atoms with Crippen molar-refractivity contribution < 1.29 is 28.5 Å². The summed E-state index contributed by atoms with van der Waals surface area (Å²) in [7, 11) is 1.46. The number of amides is 1. The summed E-state index contributed by atoms with van der Waals surface area (Å²) in [4.78, 5) is 24.4. The second-order valence-corrected chi connectivity index (χ2v) is 6.15. The summed E-state index contributed by atoms with van der Waals surface area (Å²) < 4.78 is 21.3. The highest BCUT2D eigenvalue weighted by Gasteiger charge is 2.22. The molecule has 0 fully saturated rings. The number of ether oxygens (including phenoxy) is 4. The summed E-state index contributed by atoms with van der Waals surface area (Å²) in [5.41, 5.74) is 1.49. The summed E-state index contributed by atoms with van der Waals surface area (Å²) in [6.45, 7) is 2.11. The zero-order chi connectivity index (χ0) is 19.4. The van der Waals surface area contributed by atoms with Crippen LogP contribution in [0.1, 0.15) is 15.9 Å². The molecule has 1 aliphatic heterocycles. The summed E-state index contributed by atoms with van der Waals surface area (Å²) in [5.74, 6) is 0.0423. The van der Waals surface area contributed by atoms with E-state index in [0.717, 1.165) is 5.56 Å². The zero-order valence-electron chi connectivity index (χ0n) is 14.8. The maximum atomic E-state index is 12.3. The van der Waals surface area contributed by atoms with Crippen LogP contribution < -0.4 is 19.5 Å². The Kier molecular flexibility index (Phi) is 5.71.